The van der Waals surface area contributed by atoms with Gasteiger partial charge in [-0.15, -0.1) is 0 Å². The monoisotopic (exact) mass is 829 g/mol. The van der Waals surface area contributed by atoms with Crippen molar-refractivity contribution >= 4 is 89.2 Å². The van der Waals surface area contributed by atoms with Crippen molar-refractivity contribution in [3.8, 4) is 0 Å². The topological polar surface area (TPSA) is 245 Å². The van der Waals surface area contributed by atoms with Crippen molar-refractivity contribution in [2.45, 2.75) is 12.5 Å². The molecule has 0 atom stereocenters. The molecule has 306 valence electrons. The molecule has 17 heteroatoms. The highest BCUT2D eigenvalue weighted by molar-refractivity contribution is 6.06. The van der Waals surface area contributed by atoms with Crippen LogP contribution in [0.5, 0.6) is 0 Å². The Morgan fingerprint density at radius 2 is 0.839 bits per heavy atom. The number of H-pyrrole nitrogens is 3. The number of carbonyl (C=O) groups excluding carboxylic acids is 4. The number of amides is 1. The van der Waals surface area contributed by atoms with Gasteiger partial charge in [0.25, 0.3) is 0 Å². The number of aromatic amines is 3. The standard InChI is InChI=1S/C45H31N7O10/c1-23(53)52-45(20-60-42(57)30-17-49-36-27(39(30)54)11-8-24-5-2-14-46-33(24)36,21-61-43(58)31-18-50-37-28(40(31)55)12-9-25-6-3-15-47-34(25)37)22-62-44(59)32-19-51-38-29(41(32)56)13-10-26-7-4-16-48-35(26)38/h2-19H,20-22H2,1H3,(H,49,54)(H,50,55)(H,51,56)(H,52,53). The van der Waals surface area contributed by atoms with Crippen LogP contribution in [0.25, 0.3) is 65.4 Å². The molecule has 9 rings (SSSR count). The Balaban J connectivity index is 1.03. The molecule has 0 spiro atoms. The third kappa shape index (κ3) is 6.92. The van der Waals surface area contributed by atoms with E-state index < -0.39 is 82.2 Å². The third-order valence-corrected chi connectivity index (χ3v) is 10.4. The molecule has 6 aromatic heterocycles. The Morgan fingerprint density at radius 1 is 0.516 bits per heavy atom. The SMILES string of the molecule is CC(=O)NC(COC(=O)c1c[nH]c2c(ccc3cccnc32)c1=O)(COC(=O)c1c[nH]c2c(ccc3cccnc32)c1=O)COC(=O)c1c[nH]c2c(ccc3cccnc32)c1=O. The Hall–Kier alpha value is -8.60. The number of pyridine rings is 6. The van der Waals surface area contributed by atoms with Gasteiger partial charge in [0.2, 0.25) is 22.2 Å². The molecule has 0 radical (unpaired) electrons. The van der Waals surface area contributed by atoms with Gasteiger partial charge in [-0.1, -0.05) is 36.4 Å². The summed E-state index contributed by atoms with van der Waals surface area (Å²) in [6.07, 6.45) is 8.18. The molecule has 1 amide bonds. The number of nitrogens with zero attached hydrogens (tertiary/aromatic N) is 3. The van der Waals surface area contributed by atoms with Gasteiger partial charge < -0.3 is 34.5 Å². The van der Waals surface area contributed by atoms with Crippen LogP contribution in [0.4, 0.5) is 0 Å². The summed E-state index contributed by atoms with van der Waals surface area (Å²) < 4.78 is 16.8. The maximum atomic E-state index is 13.7. The van der Waals surface area contributed by atoms with Crippen LogP contribution in [0, 0.1) is 0 Å². The lowest BCUT2D eigenvalue weighted by Gasteiger charge is -2.32. The molecule has 0 aliphatic heterocycles. The van der Waals surface area contributed by atoms with Crippen molar-refractivity contribution in [3.63, 3.8) is 0 Å². The van der Waals surface area contributed by atoms with Gasteiger partial charge in [-0.25, -0.2) is 14.4 Å². The van der Waals surface area contributed by atoms with Gasteiger partial charge in [0, 0.05) is 76.4 Å². The Morgan fingerprint density at radius 3 is 1.15 bits per heavy atom. The second-order valence-corrected chi connectivity index (χ2v) is 14.5. The van der Waals surface area contributed by atoms with E-state index >= 15 is 0 Å². The first-order valence-corrected chi connectivity index (χ1v) is 19.0. The van der Waals surface area contributed by atoms with E-state index in [0.717, 1.165) is 41.7 Å². The highest BCUT2D eigenvalue weighted by Gasteiger charge is 2.38. The fourth-order valence-electron chi connectivity index (χ4n) is 7.41. The predicted octanol–water partition coefficient (Wildman–Crippen LogP) is 4.60. The molecule has 6 heterocycles. The van der Waals surface area contributed by atoms with E-state index in [1.165, 1.54) is 18.2 Å². The minimum atomic E-state index is -2.04. The number of carbonyl (C=O) groups is 4. The first-order valence-electron chi connectivity index (χ1n) is 19.0. The second kappa shape index (κ2) is 15.5. The van der Waals surface area contributed by atoms with Gasteiger partial charge in [0.15, 0.2) is 0 Å². The molecular weight excluding hydrogens is 799 g/mol. The zero-order valence-corrected chi connectivity index (χ0v) is 32.4. The fraction of sp³-hybridized carbons (Fsp3) is 0.111. The lowest BCUT2D eigenvalue weighted by atomic mass is 10.0. The summed E-state index contributed by atoms with van der Waals surface area (Å²) in [6, 6.07) is 20.3. The summed E-state index contributed by atoms with van der Waals surface area (Å²) >= 11 is 0. The summed E-state index contributed by atoms with van der Waals surface area (Å²) in [5.74, 6) is -4.15. The second-order valence-electron chi connectivity index (χ2n) is 14.5. The zero-order chi connectivity index (χ0) is 43.1. The number of fused-ring (bicyclic) bond motifs is 9. The van der Waals surface area contributed by atoms with Crippen molar-refractivity contribution in [1.82, 2.24) is 35.2 Å². The lowest BCUT2D eigenvalue weighted by molar-refractivity contribution is -0.123. The highest BCUT2D eigenvalue weighted by atomic mass is 16.6. The van der Waals surface area contributed by atoms with E-state index in [4.69, 9.17) is 14.2 Å². The highest BCUT2D eigenvalue weighted by Crippen LogP contribution is 2.23. The number of hydrogen-bond donors (Lipinski definition) is 4. The number of benzene rings is 3. The number of ether oxygens (including phenoxy) is 3. The Bertz CT molecular complexity index is 3190. The number of rotatable bonds is 10. The number of aromatic nitrogens is 6. The van der Waals surface area contributed by atoms with Crippen molar-refractivity contribution in [2.75, 3.05) is 19.8 Å². The van der Waals surface area contributed by atoms with Crippen LogP contribution in [0.2, 0.25) is 0 Å². The van der Waals surface area contributed by atoms with Crippen molar-refractivity contribution in [3.05, 3.63) is 157 Å². The average Bonchev–Trinajstić information content (AvgIpc) is 3.29. The van der Waals surface area contributed by atoms with E-state index in [9.17, 15) is 33.6 Å². The number of nitrogens with one attached hydrogen (secondary N) is 4. The van der Waals surface area contributed by atoms with E-state index in [1.54, 1.807) is 55.0 Å². The largest absolute Gasteiger partial charge is 0.459 e. The van der Waals surface area contributed by atoms with Crippen LogP contribution in [0.1, 0.15) is 38.0 Å². The van der Waals surface area contributed by atoms with Gasteiger partial charge in [-0.05, 0) is 36.4 Å². The third-order valence-electron chi connectivity index (χ3n) is 10.4. The molecule has 62 heavy (non-hydrogen) atoms. The predicted molar refractivity (Wildman–Crippen MR) is 227 cm³/mol. The fourth-order valence-corrected chi connectivity index (χ4v) is 7.41. The number of esters is 3. The van der Waals surface area contributed by atoms with Gasteiger partial charge in [0.1, 0.15) is 42.0 Å². The minimum absolute atomic E-state index is 0.149. The molecule has 0 fully saturated rings. The van der Waals surface area contributed by atoms with Crippen LogP contribution >= 0.6 is 0 Å². The first-order chi connectivity index (χ1) is 30.0. The van der Waals surface area contributed by atoms with Crippen LogP contribution in [0.3, 0.4) is 0 Å². The molecular formula is C45H31N7O10. The molecule has 0 aliphatic carbocycles. The van der Waals surface area contributed by atoms with E-state index in [-0.39, 0.29) is 16.2 Å². The average molecular weight is 830 g/mol. The van der Waals surface area contributed by atoms with Gasteiger partial charge in [0.05, 0.1) is 33.1 Å². The lowest BCUT2D eigenvalue weighted by Crippen LogP contribution is -2.59. The van der Waals surface area contributed by atoms with E-state index in [1.807, 2.05) is 18.2 Å². The van der Waals surface area contributed by atoms with Crippen LogP contribution in [0.15, 0.2) is 124 Å². The van der Waals surface area contributed by atoms with E-state index in [0.29, 0.717) is 33.1 Å². The summed E-state index contributed by atoms with van der Waals surface area (Å²) in [5.41, 5.74) is -2.66. The van der Waals surface area contributed by atoms with Gasteiger partial charge in [-0.3, -0.25) is 34.1 Å². The molecule has 3 aromatic carbocycles. The molecule has 4 N–H and O–H groups in total. The smallest absolute Gasteiger partial charge is 0.343 e. The van der Waals surface area contributed by atoms with E-state index in [2.05, 4.69) is 35.2 Å². The summed E-state index contributed by atoms with van der Waals surface area (Å²) in [5, 5.41) is 5.26. The van der Waals surface area contributed by atoms with Crippen LogP contribution in [-0.2, 0) is 19.0 Å². The maximum absolute atomic E-state index is 13.7. The molecule has 0 saturated carbocycles. The zero-order valence-electron chi connectivity index (χ0n) is 32.4. The molecule has 0 aliphatic rings. The molecule has 17 nitrogen and oxygen atoms in total. The molecule has 9 aromatic rings. The van der Waals surface area contributed by atoms with Gasteiger partial charge >= 0.3 is 17.9 Å². The van der Waals surface area contributed by atoms with Crippen LogP contribution in [-0.4, -0.2) is 79.1 Å². The van der Waals surface area contributed by atoms with Crippen molar-refractivity contribution < 1.29 is 33.4 Å². The number of hydrogen-bond acceptors (Lipinski definition) is 13. The van der Waals surface area contributed by atoms with Crippen molar-refractivity contribution in [1.29, 1.82) is 0 Å². The quantitative estimate of drug-likeness (QED) is 0.0838. The van der Waals surface area contributed by atoms with Crippen LogP contribution < -0.4 is 21.6 Å². The summed E-state index contributed by atoms with van der Waals surface area (Å²) in [6.45, 7) is -1.38. The Labute approximate surface area is 346 Å². The van der Waals surface area contributed by atoms with Crippen molar-refractivity contribution in [2.24, 2.45) is 0 Å². The van der Waals surface area contributed by atoms with Gasteiger partial charge in [-0.2, -0.15) is 0 Å². The summed E-state index contributed by atoms with van der Waals surface area (Å²) in [4.78, 5) is 117. The maximum Gasteiger partial charge on any atom is 0.343 e. The Kier molecular flexibility index (Phi) is 9.75. The minimum Gasteiger partial charge on any atom is -0.459 e. The normalized spacial score (nSPS) is 11.6. The molecule has 0 bridgehead atoms. The first kappa shape index (κ1) is 38.9. The molecule has 0 unspecified atom stereocenters. The summed E-state index contributed by atoms with van der Waals surface area (Å²) in [7, 11) is 0. The molecule has 0 saturated heterocycles.